The van der Waals surface area contributed by atoms with E-state index in [0.717, 1.165) is 11.3 Å². The van der Waals surface area contributed by atoms with Crippen LogP contribution < -0.4 is 0 Å². The van der Waals surface area contributed by atoms with Crippen LogP contribution in [0.3, 0.4) is 0 Å². The molecule has 0 saturated heterocycles. The van der Waals surface area contributed by atoms with Crippen molar-refractivity contribution in [3.8, 4) is 11.8 Å². The fourth-order valence-electron chi connectivity index (χ4n) is 1.95. The van der Waals surface area contributed by atoms with Gasteiger partial charge in [-0.15, -0.1) is 0 Å². The minimum atomic E-state index is -0.329. The second-order valence-electron chi connectivity index (χ2n) is 3.77. The molecule has 84 valence electrons. The van der Waals surface area contributed by atoms with E-state index in [4.69, 9.17) is 10.00 Å². The van der Waals surface area contributed by atoms with Gasteiger partial charge < -0.3 is 4.74 Å². The molecule has 1 aliphatic heterocycles. The van der Waals surface area contributed by atoms with Gasteiger partial charge in [0.2, 0.25) is 0 Å². The molecule has 2 heterocycles. The van der Waals surface area contributed by atoms with Gasteiger partial charge in [0.15, 0.2) is 5.69 Å². The Hall–Kier alpha value is -2.19. The molecule has 3 rings (SSSR count). The van der Waals surface area contributed by atoms with Crippen molar-refractivity contribution >= 4 is 0 Å². The van der Waals surface area contributed by atoms with Gasteiger partial charge in [-0.3, -0.25) is 0 Å². The summed E-state index contributed by atoms with van der Waals surface area (Å²) in [7, 11) is 0. The molecule has 0 atom stereocenters. The van der Waals surface area contributed by atoms with E-state index in [9.17, 15) is 4.39 Å². The number of hydrogen-bond acceptors (Lipinski definition) is 3. The van der Waals surface area contributed by atoms with Crippen molar-refractivity contribution in [2.45, 2.75) is 13.2 Å². The zero-order chi connectivity index (χ0) is 11.8. The summed E-state index contributed by atoms with van der Waals surface area (Å²) in [6, 6.07) is 8.14. The second-order valence-corrected chi connectivity index (χ2v) is 3.77. The lowest BCUT2D eigenvalue weighted by Gasteiger charge is -2.04. The second kappa shape index (κ2) is 3.68. The highest BCUT2D eigenvalue weighted by atomic mass is 19.1. The molecule has 5 heteroatoms. The number of aromatic nitrogens is 2. The van der Waals surface area contributed by atoms with Crippen LogP contribution >= 0.6 is 0 Å². The number of fused-ring (bicyclic) bond motifs is 1. The van der Waals surface area contributed by atoms with Crippen LogP contribution in [0.4, 0.5) is 4.39 Å². The molecule has 0 fully saturated rings. The smallest absolute Gasteiger partial charge is 0.168 e. The summed E-state index contributed by atoms with van der Waals surface area (Å²) in [5, 5.41) is 13.1. The van der Waals surface area contributed by atoms with Crippen molar-refractivity contribution in [2.75, 3.05) is 0 Å². The molecule has 1 aromatic carbocycles. The molecule has 0 radical (unpaired) electrons. The van der Waals surface area contributed by atoms with Gasteiger partial charge in [0, 0.05) is 5.56 Å². The SMILES string of the molecule is N#Cc1nn(-c2cccc(F)c2)c2c1COC2. The maximum Gasteiger partial charge on any atom is 0.168 e. The van der Waals surface area contributed by atoms with Crippen molar-refractivity contribution in [1.29, 1.82) is 5.26 Å². The van der Waals surface area contributed by atoms with E-state index in [-0.39, 0.29) is 5.82 Å². The van der Waals surface area contributed by atoms with Crippen LogP contribution in [-0.4, -0.2) is 9.78 Å². The maximum absolute atomic E-state index is 13.2. The molecule has 0 amide bonds. The predicted octanol–water partition coefficient (Wildman–Crippen LogP) is 1.91. The summed E-state index contributed by atoms with van der Waals surface area (Å²) in [6.07, 6.45) is 0. The molecule has 0 unspecified atom stereocenters. The fraction of sp³-hybridized carbons (Fsp3) is 0.167. The average Bonchev–Trinajstić information content (AvgIpc) is 2.89. The predicted molar refractivity (Wildman–Crippen MR) is 56.7 cm³/mol. The van der Waals surface area contributed by atoms with E-state index in [1.807, 2.05) is 6.07 Å². The standard InChI is InChI=1S/C12H8FN3O/c13-8-2-1-3-9(4-8)16-12-7-17-6-10(12)11(5-14)15-16/h1-4H,6-7H2. The first kappa shape index (κ1) is 10.00. The number of rotatable bonds is 1. The zero-order valence-electron chi connectivity index (χ0n) is 8.85. The normalized spacial score (nSPS) is 13.4. The molecule has 0 bridgehead atoms. The molecule has 0 aliphatic carbocycles. The summed E-state index contributed by atoms with van der Waals surface area (Å²) in [6.45, 7) is 0.800. The first-order valence-electron chi connectivity index (χ1n) is 5.14. The molecule has 1 aromatic heterocycles. The molecule has 0 N–H and O–H groups in total. The summed E-state index contributed by atoms with van der Waals surface area (Å²) in [5.41, 5.74) is 2.58. The highest BCUT2D eigenvalue weighted by Gasteiger charge is 2.23. The van der Waals surface area contributed by atoms with Gasteiger partial charge in [-0.2, -0.15) is 10.4 Å². The van der Waals surface area contributed by atoms with E-state index in [1.54, 1.807) is 16.8 Å². The average molecular weight is 229 g/mol. The Balaban J connectivity index is 2.19. The monoisotopic (exact) mass is 229 g/mol. The third-order valence-corrected chi connectivity index (χ3v) is 2.73. The van der Waals surface area contributed by atoms with Gasteiger partial charge in [-0.25, -0.2) is 9.07 Å². The summed E-state index contributed by atoms with van der Waals surface area (Å²) in [5.74, 6) is -0.329. The van der Waals surface area contributed by atoms with Crippen molar-refractivity contribution < 1.29 is 9.13 Å². The minimum absolute atomic E-state index is 0.329. The van der Waals surface area contributed by atoms with Crippen molar-refractivity contribution in [2.24, 2.45) is 0 Å². The van der Waals surface area contributed by atoms with Crippen molar-refractivity contribution in [1.82, 2.24) is 9.78 Å². The van der Waals surface area contributed by atoms with E-state index in [2.05, 4.69) is 5.10 Å². The molecule has 0 spiro atoms. The Labute approximate surface area is 96.9 Å². The topological polar surface area (TPSA) is 50.8 Å². The lowest BCUT2D eigenvalue weighted by Crippen LogP contribution is -2.02. The van der Waals surface area contributed by atoms with Crippen LogP contribution in [0.1, 0.15) is 17.0 Å². The third kappa shape index (κ3) is 1.50. The molecule has 17 heavy (non-hydrogen) atoms. The van der Waals surface area contributed by atoms with Gasteiger partial charge in [-0.05, 0) is 18.2 Å². The van der Waals surface area contributed by atoms with Crippen LogP contribution in [0.2, 0.25) is 0 Å². The highest BCUT2D eigenvalue weighted by Crippen LogP contribution is 2.25. The van der Waals surface area contributed by atoms with E-state index >= 15 is 0 Å². The first-order chi connectivity index (χ1) is 8.29. The van der Waals surface area contributed by atoms with Crippen LogP contribution in [0.15, 0.2) is 24.3 Å². The lowest BCUT2D eigenvalue weighted by molar-refractivity contribution is 0.130. The van der Waals surface area contributed by atoms with Gasteiger partial charge in [0.1, 0.15) is 11.9 Å². The van der Waals surface area contributed by atoms with Crippen LogP contribution in [0.25, 0.3) is 5.69 Å². The largest absolute Gasteiger partial charge is 0.370 e. The molecule has 0 saturated carbocycles. The Morgan fingerprint density at radius 3 is 3.06 bits per heavy atom. The van der Waals surface area contributed by atoms with Gasteiger partial charge in [0.25, 0.3) is 0 Å². The van der Waals surface area contributed by atoms with E-state index in [1.165, 1.54) is 12.1 Å². The number of nitrogens with zero attached hydrogens (tertiary/aromatic N) is 3. The first-order valence-corrected chi connectivity index (χ1v) is 5.14. The van der Waals surface area contributed by atoms with Crippen LogP contribution in [0, 0.1) is 17.1 Å². The summed E-state index contributed by atoms with van der Waals surface area (Å²) in [4.78, 5) is 0. The fourth-order valence-corrected chi connectivity index (χ4v) is 1.95. The summed E-state index contributed by atoms with van der Waals surface area (Å²) < 4.78 is 20.0. The van der Waals surface area contributed by atoms with Crippen LogP contribution in [0.5, 0.6) is 0 Å². The van der Waals surface area contributed by atoms with Crippen molar-refractivity contribution in [3.05, 3.63) is 47.0 Å². The van der Waals surface area contributed by atoms with Gasteiger partial charge in [-0.1, -0.05) is 6.07 Å². The Kier molecular flexibility index (Phi) is 2.16. The third-order valence-electron chi connectivity index (χ3n) is 2.73. The lowest BCUT2D eigenvalue weighted by atomic mass is 10.2. The maximum atomic E-state index is 13.2. The number of benzene rings is 1. The van der Waals surface area contributed by atoms with E-state index < -0.39 is 0 Å². The number of ether oxygens (including phenoxy) is 1. The number of halogens is 1. The van der Waals surface area contributed by atoms with Gasteiger partial charge >= 0.3 is 0 Å². The molecule has 4 nitrogen and oxygen atoms in total. The van der Waals surface area contributed by atoms with Gasteiger partial charge in [0.05, 0.1) is 24.6 Å². The van der Waals surface area contributed by atoms with Crippen molar-refractivity contribution in [3.63, 3.8) is 0 Å². The molecular weight excluding hydrogens is 221 g/mol. The Morgan fingerprint density at radius 1 is 1.41 bits per heavy atom. The molecule has 2 aromatic rings. The number of hydrogen-bond donors (Lipinski definition) is 0. The Morgan fingerprint density at radius 2 is 2.29 bits per heavy atom. The van der Waals surface area contributed by atoms with Crippen LogP contribution in [-0.2, 0) is 18.0 Å². The number of nitriles is 1. The quantitative estimate of drug-likeness (QED) is 0.750. The molecular formula is C12H8FN3O. The molecule has 1 aliphatic rings. The Bertz CT molecular complexity index is 627. The minimum Gasteiger partial charge on any atom is -0.370 e. The summed E-state index contributed by atoms with van der Waals surface area (Å²) >= 11 is 0. The zero-order valence-corrected chi connectivity index (χ0v) is 8.85. The van der Waals surface area contributed by atoms with E-state index in [0.29, 0.717) is 24.6 Å². The highest BCUT2D eigenvalue weighted by molar-refractivity contribution is 5.42.